The van der Waals surface area contributed by atoms with Crippen molar-refractivity contribution in [3.63, 3.8) is 0 Å². The van der Waals surface area contributed by atoms with Crippen LogP contribution in [0.2, 0.25) is 0 Å². The van der Waals surface area contributed by atoms with Crippen LogP contribution in [0.3, 0.4) is 0 Å². The number of morpholine rings is 1. The van der Waals surface area contributed by atoms with Gasteiger partial charge in [-0.05, 0) is 37.1 Å². The fourth-order valence-electron chi connectivity index (χ4n) is 4.20. The average molecular weight is 469 g/mol. The van der Waals surface area contributed by atoms with Gasteiger partial charge in [0.25, 0.3) is 11.8 Å². The molecule has 5 N–H and O–H groups in total. The van der Waals surface area contributed by atoms with Crippen LogP contribution in [0.5, 0.6) is 0 Å². The molecule has 11 nitrogen and oxygen atoms in total. The number of nitrogens with zero attached hydrogens (tertiary/aromatic N) is 3. The molecule has 180 valence electrons. The van der Waals surface area contributed by atoms with Crippen LogP contribution in [0.1, 0.15) is 33.6 Å². The van der Waals surface area contributed by atoms with Gasteiger partial charge in [-0.25, -0.2) is 9.78 Å². The van der Waals surface area contributed by atoms with Gasteiger partial charge >= 0.3 is 6.09 Å². The minimum atomic E-state index is -1.05. The number of primary amides is 1. The van der Waals surface area contributed by atoms with Crippen LogP contribution in [-0.4, -0.2) is 78.3 Å². The Kier molecular flexibility index (Phi) is 7.12. The minimum absolute atomic E-state index is 0.0477. The van der Waals surface area contributed by atoms with Gasteiger partial charge in [0, 0.05) is 55.7 Å². The van der Waals surface area contributed by atoms with Crippen LogP contribution >= 0.6 is 0 Å². The topological polar surface area (TPSA) is 150 Å². The average Bonchev–Trinajstić information content (AvgIpc) is 2.84. The highest BCUT2D eigenvalue weighted by molar-refractivity contribution is 5.99. The molecule has 2 aliphatic rings. The fraction of sp³-hybridized carbons (Fsp3) is 0.391. The van der Waals surface area contributed by atoms with Gasteiger partial charge in [-0.1, -0.05) is 0 Å². The molecule has 2 aromatic rings. The molecule has 1 aromatic heterocycles. The van der Waals surface area contributed by atoms with E-state index in [0.717, 1.165) is 19.4 Å². The number of piperidine rings is 1. The molecular weight excluding hydrogens is 440 g/mol. The number of pyridine rings is 1. The number of hydrogen-bond acceptors (Lipinski definition) is 7. The van der Waals surface area contributed by atoms with E-state index in [1.165, 1.54) is 6.20 Å². The summed E-state index contributed by atoms with van der Waals surface area (Å²) in [6.45, 7) is 3.41. The highest BCUT2D eigenvalue weighted by Crippen LogP contribution is 2.27. The first-order valence-corrected chi connectivity index (χ1v) is 11.2. The maximum absolute atomic E-state index is 12.7. The number of carboxylic acid groups (broad SMARTS) is 1. The van der Waals surface area contributed by atoms with Crippen LogP contribution in [0.4, 0.5) is 22.0 Å². The summed E-state index contributed by atoms with van der Waals surface area (Å²) in [5.41, 5.74) is 7.52. The van der Waals surface area contributed by atoms with Gasteiger partial charge < -0.3 is 36.0 Å². The molecule has 4 rings (SSSR count). The molecule has 11 heteroatoms. The molecule has 3 heterocycles. The summed E-state index contributed by atoms with van der Waals surface area (Å²) in [5.74, 6) is -0.0540. The molecule has 3 amide bonds. The first-order chi connectivity index (χ1) is 16.4. The van der Waals surface area contributed by atoms with E-state index in [4.69, 9.17) is 15.6 Å². The van der Waals surface area contributed by atoms with E-state index in [2.05, 4.69) is 15.6 Å². The number of nitrogens with two attached hydrogens (primary N) is 1. The number of aromatic nitrogens is 1. The zero-order chi connectivity index (χ0) is 24.1. The van der Waals surface area contributed by atoms with E-state index in [0.29, 0.717) is 55.6 Å². The second-order valence-corrected chi connectivity index (χ2v) is 8.29. The van der Waals surface area contributed by atoms with Crippen LogP contribution in [0.25, 0.3) is 0 Å². The largest absolute Gasteiger partial charge is 0.465 e. The summed E-state index contributed by atoms with van der Waals surface area (Å²) < 4.78 is 5.30. The van der Waals surface area contributed by atoms with E-state index >= 15 is 0 Å². The van der Waals surface area contributed by atoms with Crippen LogP contribution in [0, 0.1) is 0 Å². The standard InChI is InChI=1S/C23H28N6O5/c24-21(30)18-13-25-20(29-7-1-2-17(14-29)27-23(32)33)12-19(18)26-16-5-3-15(4-6-16)22(31)28-8-10-34-11-9-28/h3-6,12-13,17,27H,1-2,7-11,14H2,(H2,24,30)(H,25,26)(H,32,33)/t17-/m1/s1. The summed E-state index contributed by atoms with van der Waals surface area (Å²) in [5, 5.41) is 14.7. The summed E-state index contributed by atoms with van der Waals surface area (Å²) in [4.78, 5) is 43.8. The summed E-state index contributed by atoms with van der Waals surface area (Å²) in [6.07, 6.45) is 1.93. The zero-order valence-corrected chi connectivity index (χ0v) is 18.7. The molecule has 0 saturated carbocycles. The predicted molar refractivity (Wildman–Crippen MR) is 126 cm³/mol. The molecule has 1 atom stereocenters. The van der Waals surface area contributed by atoms with E-state index in [9.17, 15) is 14.4 Å². The van der Waals surface area contributed by atoms with Gasteiger partial charge in [-0.2, -0.15) is 0 Å². The number of benzene rings is 1. The van der Waals surface area contributed by atoms with Crippen molar-refractivity contribution in [2.45, 2.75) is 18.9 Å². The van der Waals surface area contributed by atoms with Crippen LogP contribution in [0.15, 0.2) is 36.5 Å². The van der Waals surface area contributed by atoms with Crippen molar-refractivity contribution >= 4 is 35.1 Å². The molecule has 1 aromatic carbocycles. The third-order valence-electron chi connectivity index (χ3n) is 5.94. The normalized spacial score (nSPS) is 18.3. The number of carbonyl (C=O) groups is 3. The molecule has 0 aliphatic carbocycles. The quantitative estimate of drug-likeness (QED) is 0.500. The van der Waals surface area contributed by atoms with Gasteiger partial charge in [0.2, 0.25) is 0 Å². The van der Waals surface area contributed by atoms with Crippen LogP contribution < -0.4 is 21.3 Å². The lowest BCUT2D eigenvalue weighted by Crippen LogP contribution is -2.47. The molecule has 2 aliphatic heterocycles. The number of anilines is 3. The van der Waals surface area contributed by atoms with Crippen molar-refractivity contribution in [3.8, 4) is 0 Å². The third kappa shape index (κ3) is 5.54. The first-order valence-electron chi connectivity index (χ1n) is 11.2. The van der Waals surface area contributed by atoms with E-state index in [-0.39, 0.29) is 17.5 Å². The first kappa shape index (κ1) is 23.3. The SMILES string of the molecule is NC(=O)c1cnc(N2CCC[C@@H](NC(=O)O)C2)cc1Nc1ccc(C(=O)N2CCOCC2)cc1. The smallest absolute Gasteiger partial charge is 0.404 e. The molecule has 0 unspecified atom stereocenters. The van der Waals surface area contributed by atoms with Crippen molar-refractivity contribution in [1.29, 1.82) is 0 Å². The number of carbonyl (C=O) groups excluding carboxylic acids is 2. The fourth-order valence-corrected chi connectivity index (χ4v) is 4.20. The summed E-state index contributed by atoms with van der Waals surface area (Å²) in [6, 6.07) is 8.55. The Hall–Kier alpha value is -3.86. The molecule has 0 spiro atoms. The van der Waals surface area contributed by atoms with Crippen molar-refractivity contribution in [2.24, 2.45) is 5.73 Å². The van der Waals surface area contributed by atoms with Crippen molar-refractivity contribution in [2.75, 3.05) is 49.6 Å². The van der Waals surface area contributed by atoms with E-state index in [1.54, 1.807) is 35.2 Å². The van der Waals surface area contributed by atoms with Crippen molar-refractivity contribution < 1.29 is 24.2 Å². The maximum atomic E-state index is 12.7. The third-order valence-corrected chi connectivity index (χ3v) is 5.94. The highest BCUT2D eigenvalue weighted by atomic mass is 16.5. The number of rotatable bonds is 6. The molecule has 34 heavy (non-hydrogen) atoms. The van der Waals surface area contributed by atoms with Gasteiger partial charge in [-0.15, -0.1) is 0 Å². The Balaban J connectivity index is 1.50. The van der Waals surface area contributed by atoms with Gasteiger partial charge in [-0.3, -0.25) is 9.59 Å². The number of ether oxygens (including phenoxy) is 1. The number of nitrogens with one attached hydrogen (secondary N) is 2. The van der Waals surface area contributed by atoms with Gasteiger partial charge in [0.05, 0.1) is 24.5 Å². The molecule has 0 radical (unpaired) electrons. The molecule has 2 fully saturated rings. The second kappa shape index (κ2) is 10.4. The monoisotopic (exact) mass is 468 g/mol. The summed E-state index contributed by atoms with van der Waals surface area (Å²) >= 11 is 0. The van der Waals surface area contributed by atoms with Crippen molar-refractivity contribution in [3.05, 3.63) is 47.7 Å². The zero-order valence-electron chi connectivity index (χ0n) is 18.7. The Bertz CT molecular complexity index is 1050. The highest BCUT2D eigenvalue weighted by Gasteiger charge is 2.23. The van der Waals surface area contributed by atoms with Crippen molar-refractivity contribution in [1.82, 2.24) is 15.2 Å². The van der Waals surface area contributed by atoms with Gasteiger partial charge in [0.15, 0.2) is 0 Å². The predicted octanol–water partition coefficient (Wildman–Crippen LogP) is 1.63. The molecular formula is C23H28N6O5. The van der Waals surface area contributed by atoms with Gasteiger partial charge in [0.1, 0.15) is 5.82 Å². The minimum Gasteiger partial charge on any atom is -0.465 e. The second-order valence-electron chi connectivity index (χ2n) is 8.29. The Morgan fingerprint density at radius 1 is 1.12 bits per heavy atom. The Morgan fingerprint density at radius 3 is 2.53 bits per heavy atom. The Morgan fingerprint density at radius 2 is 1.85 bits per heavy atom. The summed E-state index contributed by atoms with van der Waals surface area (Å²) in [7, 11) is 0. The molecule has 2 saturated heterocycles. The lowest BCUT2D eigenvalue weighted by molar-refractivity contribution is 0.0303. The van der Waals surface area contributed by atoms with Crippen LogP contribution in [-0.2, 0) is 4.74 Å². The number of amides is 3. The number of hydrogen-bond donors (Lipinski definition) is 4. The Labute approximate surface area is 196 Å². The lowest BCUT2D eigenvalue weighted by Gasteiger charge is -2.33. The van der Waals surface area contributed by atoms with E-state index in [1.807, 2.05) is 4.90 Å². The van der Waals surface area contributed by atoms with E-state index < -0.39 is 12.0 Å². The molecule has 0 bridgehead atoms. The lowest BCUT2D eigenvalue weighted by atomic mass is 10.1. The maximum Gasteiger partial charge on any atom is 0.404 e.